The Hall–Kier alpha value is -1.13. The molecule has 0 amide bonds. The summed E-state index contributed by atoms with van der Waals surface area (Å²) in [6.45, 7) is 3.70. The van der Waals surface area contributed by atoms with E-state index in [1.807, 2.05) is 0 Å². The number of rotatable bonds is 6. The van der Waals surface area contributed by atoms with Crippen LogP contribution >= 0.6 is 0 Å². The van der Waals surface area contributed by atoms with Gasteiger partial charge in [0.25, 0.3) is 6.47 Å². The van der Waals surface area contributed by atoms with Crippen LogP contribution in [-0.2, 0) is 9.53 Å². The van der Waals surface area contributed by atoms with Crippen LogP contribution in [0.15, 0.2) is 0 Å². The summed E-state index contributed by atoms with van der Waals surface area (Å²) in [6, 6.07) is 0. The number of carbonyl (C=O) groups is 1. The molecule has 0 N–H and O–H groups in total. The third kappa shape index (κ3) is 3.90. The lowest BCUT2D eigenvalue weighted by Crippen LogP contribution is -2.30. The maximum absolute atomic E-state index is 10.4. The maximum Gasteiger partial charge on any atom is 0.293 e. The molecule has 0 heterocycles. The Balaban J connectivity index is 3.61. The largest absolute Gasteiger partial charge is 0.468 e. The molecule has 0 aliphatic carbocycles. The number of nitrogens with zero attached hydrogens (tertiary/aromatic N) is 1. The molecule has 0 saturated heterocycles. The van der Waals surface area contributed by atoms with Gasteiger partial charge in [-0.25, -0.2) is 0 Å². The highest BCUT2D eigenvalue weighted by atomic mass is 16.6. The molecular weight excluding hydrogens is 162 g/mol. The summed E-state index contributed by atoms with van der Waals surface area (Å²) < 4.78 is 4.41. The van der Waals surface area contributed by atoms with Crippen molar-refractivity contribution in [2.75, 3.05) is 6.61 Å². The van der Waals surface area contributed by atoms with E-state index >= 15 is 0 Å². The van der Waals surface area contributed by atoms with Crippen LogP contribution in [0.2, 0.25) is 0 Å². The predicted octanol–water partition coefficient (Wildman–Crippen LogP) is 0.995. The van der Waals surface area contributed by atoms with E-state index in [4.69, 9.17) is 0 Å². The third-order valence-electron chi connectivity index (χ3n) is 1.61. The zero-order chi connectivity index (χ0) is 9.61. The van der Waals surface area contributed by atoms with Crippen molar-refractivity contribution >= 4 is 6.47 Å². The molecule has 0 aromatic rings. The minimum Gasteiger partial charge on any atom is -0.468 e. The summed E-state index contributed by atoms with van der Waals surface area (Å²) in [4.78, 5) is 19.8. The molecule has 5 nitrogen and oxygen atoms in total. The van der Waals surface area contributed by atoms with Crippen molar-refractivity contribution in [3.05, 3.63) is 10.1 Å². The van der Waals surface area contributed by atoms with E-state index in [1.54, 1.807) is 13.8 Å². The molecule has 0 bridgehead atoms. The molecule has 0 fully saturated rings. The first-order chi connectivity index (χ1) is 5.50. The fraction of sp³-hybridized carbons (Fsp3) is 0.857. The van der Waals surface area contributed by atoms with Gasteiger partial charge in [0.2, 0.25) is 5.54 Å². The quantitative estimate of drug-likeness (QED) is 0.261. The van der Waals surface area contributed by atoms with Gasteiger partial charge in [-0.15, -0.1) is 0 Å². The highest BCUT2D eigenvalue weighted by molar-refractivity contribution is 5.36. The Labute approximate surface area is 70.9 Å². The van der Waals surface area contributed by atoms with E-state index in [1.165, 1.54) is 0 Å². The molecular formula is C7H13NO4. The van der Waals surface area contributed by atoms with E-state index in [0.29, 0.717) is 19.3 Å². The first-order valence-electron chi connectivity index (χ1n) is 3.70. The average molecular weight is 175 g/mol. The number of hydrogen-bond donors (Lipinski definition) is 0. The number of ether oxygens (including phenoxy) is 1. The minimum absolute atomic E-state index is 0.251. The lowest BCUT2D eigenvalue weighted by molar-refractivity contribution is -0.561. The monoisotopic (exact) mass is 175 g/mol. The third-order valence-corrected chi connectivity index (χ3v) is 1.61. The van der Waals surface area contributed by atoms with Crippen LogP contribution in [0, 0.1) is 10.1 Å². The minimum atomic E-state index is -0.924. The SMILES string of the molecule is CC(C)(CCCOC=O)[N+](=O)[O-]. The van der Waals surface area contributed by atoms with Crippen molar-refractivity contribution in [1.82, 2.24) is 0 Å². The highest BCUT2D eigenvalue weighted by Gasteiger charge is 2.29. The summed E-state index contributed by atoms with van der Waals surface area (Å²) in [7, 11) is 0. The Morgan fingerprint density at radius 2 is 2.17 bits per heavy atom. The first-order valence-corrected chi connectivity index (χ1v) is 3.70. The molecule has 0 aromatic heterocycles. The van der Waals surface area contributed by atoms with Gasteiger partial charge in [-0.2, -0.15) is 0 Å². The molecule has 70 valence electrons. The summed E-state index contributed by atoms with van der Waals surface area (Å²) in [5.41, 5.74) is -0.924. The Morgan fingerprint density at radius 3 is 2.58 bits per heavy atom. The summed E-state index contributed by atoms with van der Waals surface area (Å²) in [5, 5.41) is 10.4. The highest BCUT2D eigenvalue weighted by Crippen LogP contribution is 2.14. The van der Waals surface area contributed by atoms with Gasteiger partial charge in [-0.1, -0.05) is 0 Å². The smallest absolute Gasteiger partial charge is 0.293 e. The predicted molar refractivity (Wildman–Crippen MR) is 42.3 cm³/mol. The van der Waals surface area contributed by atoms with E-state index < -0.39 is 5.54 Å². The van der Waals surface area contributed by atoms with Crippen molar-refractivity contribution < 1.29 is 14.5 Å². The van der Waals surface area contributed by atoms with E-state index in [-0.39, 0.29) is 11.5 Å². The Kier molecular flexibility index (Phi) is 4.25. The van der Waals surface area contributed by atoms with Gasteiger partial charge >= 0.3 is 0 Å². The summed E-state index contributed by atoms with van der Waals surface area (Å²) in [6.07, 6.45) is 0.931. The van der Waals surface area contributed by atoms with Crippen LogP contribution in [0.3, 0.4) is 0 Å². The van der Waals surface area contributed by atoms with Crippen LogP contribution in [0.1, 0.15) is 26.7 Å². The van der Waals surface area contributed by atoms with Crippen LogP contribution < -0.4 is 0 Å². The topological polar surface area (TPSA) is 69.4 Å². The number of nitro groups is 1. The van der Waals surface area contributed by atoms with E-state index in [2.05, 4.69) is 4.74 Å². The summed E-state index contributed by atoms with van der Waals surface area (Å²) in [5.74, 6) is 0. The zero-order valence-electron chi connectivity index (χ0n) is 7.28. The second kappa shape index (κ2) is 4.69. The molecule has 0 unspecified atom stereocenters. The molecule has 5 heteroatoms. The molecule has 12 heavy (non-hydrogen) atoms. The van der Waals surface area contributed by atoms with Crippen LogP contribution in [0.5, 0.6) is 0 Å². The van der Waals surface area contributed by atoms with Crippen molar-refractivity contribution in [2.45, 2.75) is 32.2 Å². The Morgan fingerprint density at radius 1 is 1.58 bits per heavy atom. The van der Waals surface area contributed by atoms with Crippen LogP contribution in [0.25, 0.3) is 0 Å². The van der Waals surface area contributed by atoms with E-state index in [9.17, 15) is 14.9 Å². The van der Waals surface area contributed by atoms with Gasteiger partial charge in [-0.05, 0) is 6.42 Å². The molecule has 0 aliphatic heterocycles. The van der Waals surface area contributed by atoms with Gasteiger partial charge in [0.05, 0.1) is 6.61 Å². The van der Waals surface area contributed by atoms with Crippen molar-refractivity contribution in [3.63, 3.8) is 0 Å². The average Bonchev–Trinajstić information content (AvgIpc) is 1.98. The van der Waals surface area contributed by atoms with Gasteiger partial charge in [-0.3, -0.25) is 14.9 Å². The second-order valence-electron chi connectivity index (χ2n) is 3.14. The molecule has 0 radical (unpaired) electrons. The van der Waals surface area contributed by atoms with Gasteiger partial charge < -0.3 is 4.74 Å². The van der Waals surface area contributed by atoms with Gasteiger partial charge in [0.15, 0.2) is 0 Å². The molecule has 0 rings (SSSR count). The number of hydrogen-bond acceptors (Lipinski definition) is 4. The standard InChI is InChI=1S/C7H13NO4/c1-7(2,8(10)11)4-3-5-12-6-9/h6H,3-5H2,1-2H3. The molecule has 0 aliphatic rings. The Bertz CT molecular complexity index is 167. The first kappa shape index (κ1) is 10.9. The van der Waals surface area contributed by atoms with Gasteiger partial charge in [0, 0.05) is 25.2 Å². The fourth-order valence-corrected chi connectivity index (χ4v) is 0.728. The molecule has 0 aromatic carbocycles. The van der Waals surface area contributed by atoms with Gasteiger partial charge in [0.1, 0.15) is 0 Å². The lowest BCUT2D eigenvalue weighted by Gasteiger charge is -2.14. The van der Waals surface area contributed by atoms with Crippen molar-refractivity contribution in [1.29, 1.82) is 0 Å². The number of carbonyl (C=O) groups excluding carboxylic acids is 1. The van der Waals surface area contributed by atoms with Crippen molar-refractivity contribution in [2.24, 2.45) is 0 Å². The maximum atomic E-state index is 10.4. The second-order valence-corrected chi connectivity index (χ2v) is 3.14. The summed E-state index contributed by atoms with van der Waals surface area (Å²) >= 11 is 0. The fourth-order valence-electron chi connectivity index (χ4n) is 0.728. The van der Waals surface area contributed by atoms with Crippen molar-refractivity contribution in [3.8, 4) is 0 Å². The molecule has 0 spiro atoms. The van der Waals surface area contributed by atoms with Crippen LogP contribution in [-0.4, -0.2) is 23.5 Å². The zero-order valence-corrected chi connectivity index (χ0v) is 7.28. The molecule has 0 saturated carbocycles. The van der Waals surface area contributed by atoms with E-state index in [0.717, 1.165) is 0 Å². The normalized spacial score (nSPS) is 10.8. The lowest BCUT2D eigenvalue weighted by atomic mass is 10.0. The molecule has 0 atom stereocenters. The van der Waals surface area contributed by atoms with Crippen LogP contribution in [0.4, 0.5) is 0 Å².